The van der Waals surface area contributed by atoms with Gasteiger partial charge in [-0.2, -0.15) is 0 Å². The first kappa shape index (κ1) is 14.2. The van der Waals surface area contributed by atoms with E-state index >= 15 is 0 Å². The van der Waals surface area contributed by atoms with Gasteiger partial charge in [0.25, 0.3) is 5.56 Å². The number of rotatable bonds is 3. The quantitative estimate of drug-likeness (QED) is 0.929. The van der Waals surface area contributed by atoms with Gasteiger partial charge in [-0.15, -0.1) is 0 Å². The van der Waals surface area contributed by atoms with Gasteiger partial charge < -0.3 is 14.5 Å². The molecular weight excluding hydrogens is 272 g/mol. The van der Waals surface area contributed by atoms with Crippen molar-refractivity contribution in [1.82, 2.24) is 19.5 Å². The summed E-state index contributed by atoms with van der Waals surface area (Å²) in [5, 5.41) is 0. The minimum atomic E-state index is -0.232. The minimum absolute atomic E-state index is 0.0636. The van der Waals surface area contributed by atoms with E-state index in [2.05, 4.69) is 15.0 Å². The Hall–Kier alpha value is -1.73. The number of hydrogen-bond acceptors (Lipinski definition) is 5. The smallest absolute Gasteiger partial charge is 0.278 e. The first-order chi connectivity index (χ1) is 9.94. The fourth-order valence-corrected chi connectivity index (χ4v) is 2.43. The summed E-state index contributed by atoms with van der Waals surface area (Å²) in [4.78, 5) is 22.5. The van der Waals surface area contributed by atoms with Crippen molar-refractivity contribution < 1.29 is 9.47 Å². The van der Waals surface area contributed by atoms with Crippen LogP contribution in [0.25, 0.3) is 11.2 Å². The van der Waals surface area contributed by atoms with Gasteiger partial charge in [-0.25, -0.2) is 9.97 Å². The van der Waals surface area contributed by atoms with Crippen LogP contribution < -0.4 is 5.56 Å². The van der Waals surface area contributed by atoms with E-state index in [1.807, 2.05) is 25.3 Å². The number of H-pyrrole nitrogens is 1. The molecule has 1 fully saturated rings. The number of aromatic nitrogens is 4. The lowest BCUT2D eigenvalue weighted by atomic mass is 10.2. The average Bonchev–Trinajstić information content (AvgIpc) is 3.02. The fourth-order valence-electron chi connectivity index (χ4n) is 2.43. The molecule has 0 saturated carbocycles. The molecule has 7 nitrogen and oxygen atoms in total. The van der Waals surface area contributed by atoms with Crippen molar-refractivity contribution in [1.29, 1.82) is 0 Å². The molecule has 1 aliphatic rings. The molecule has 0 radical (unpaired) electrons. The topological polar surface area (TPSA) is 82.0 Å². The zero-order valence-electron chi connectivity index (χ0n) is 12.5. The molecule has 0 bridgehead atoms. The molecule has 114 valence electrons. The average molecular weight is 292 g/mol. The molecule has 3 heterocycles. The van der Waals surface area contributed by atoms with Crippen molar-refractivity contribution in [2.75, 3.05) is 6.61 Å². The number of nitrogens with one attached hydrogen (secondary N) is 1. The third kappa shape index (κ3) is 2.98. The Morgan fingerprint density at radius 2 is 2.24 bits per heavy atom. The number of ether oxygens (including phenoxy) is 2. The van der Waals surface area contributed by atoms with Gasteiger partial charge in [-0.1, -0.05) is 0 Å². The maximum Gasteiger partial charge on any atom is 0.278 e. The molecule has 7 heteroatoms. The van der Waals surface area contributed by atoms with Crippen LogP contribution >= 0.6 is 0 Å². The van der Waals surface area contributed by atoms with E-state index in [1.54, 1.807) is 6.33 Å². The van der Waals surface area contributed by atoms with Crippen LogP contribution in [0.3, 0.4) is 0 Å². The van der Waals surface area contributed by atoms with E-state index in [-0.39, 0.29) is 23.5 Å². The molecule has 0 unspecified atom stereocenters. The monoisotopic (exact) mass is 292 g/mol. The zero-order valence-corrected chi connectivity index (χ0v) is 12.5. The normalized spacial score (nSPS) is 23.0. The molecule has 0 aromatic carbocycles. The van der Waals surface area contributed by atoms with E-state index in [9.17, 15) is 4.79 Å². The lowest BCUT2D eigenvalue weighted by Gasteiger charge is -2.22. The summed E-state index contributed by atoms with van der Waals surface area (Å²) in [6.45, 7) is 6.65. The number of imidazole rings is 1. The summed E-state index contributed by atoms with van der Waals surface area (Å²) in [5.74, 6) is 0. The molecule has 1 N–H and O–H groups in total. The molecule has 0 aliphatic carbocycles. The second kappa shape index (κ2) is 5.23. The van der Waals surface area contributed by atoms with Crippen LogP contribution in [0.15, 0.2) is 17.4 Å². The predicted octanol–water partition coefficient (Wildman–Crippen LogP) is 1.61. The minimum Gasteiger partial charge on any atom is -0.373 e. The van der Waals surface area contributed by atoms with E-state index < -0.39 is 0 Å². The Balaban J connectivity index is 1.73. The van der Waals surface area contributed by atoms with Gasteiger partial charge in [-0.3, -0.25) is 9.36 Å². The zero-order chi connectivity index (χ0) is 15.0. The third-order valence-electron chi connectivity index (χ3n) is 3.46. The molecule has 2 aromatic rings. The van der Waals surface area contributed by atoms with Gasteiger partial charge in [0.05, 0.1) is 31.0 Å². The van der Waals surface area contributed by atoms with Gasteiger partial charge in [0.1, 0.15) is 6.23 Å². The number of fused-ring (bicyclic) bond motifs is 1. The maximum absolute atomic E-state index is 11.7. The highest BCUT2D eigenvalue weighted by Gasteiger charge is 2.29. The van der Waals surface area contributed by atoms with Crippen LogP contribution in [-0.4, -0.2) is 37.8 Å². The van der Waals surface area contributed by atoms with Gasteiger partial charge in [0.15, 0.2) is 11.2 Å². The Morgan fingerprint density at radius 1 is 1.43 bits per heavy atom. The van der Waals surface area contributed by atoms with Gasteiger partial charge in [0.2, 0.25) is 0 Å². The van der Waals surface area contributed by atoms with Crippen LogP contribution in [-0.2, 0) is 9.47 Å². The van der Waals surface area contributed by atoms with Gasteiger partial charge >= 0.3 is 0 Å². The second-order valence-corrected chi connectivity index (χ2v) is 6.27. The van der Waals surface area contributed by atoms with Crippen molar-refractivity contribution in [3.63, 3.8) is 0 Å². The molecule has 0 spiro atoms. The summed E-state index contributed by atoms with van der Waals surface area (Å²) >= 11 is 0. The van der Waals surface area contributed by atoms with Gasteiger partial charge in [-0.05, 0) is 33.6 Å². The number of aromatic amines is 1. The molecule has 21 heavy (non-hydrogen) atoms. The number of hydrogen-bond donors (Lipinski definition) is 1. The van der Waals surface area contributed by atoms with E-state index in [0.717, 1.165) is 12.8 Å². The number of nitrogens with zero attached hydrogens (tertiary/aromatic N) is 3. The standard InChI is InChI=1S/C14H20N4O3/c1-14(2,3)20-6-9-4-5-10(21-9)18-8-17-11-12(18)15-7-16-13(11)19/h7-10H,4-6H2,1-3H3,(H,15,16,19)/t9-,10+/m0/s1. The largest absolute Gasteiger partial charge is 0.373 e. The highest BCUT2D eigenvalue weighted by Crippen LogP contribution is 2.30. The van der Waals surface area contributed by atoms with Crippen molar-refractivity contribution >= 4 is 11.2 Å². The van der Waals surface area contributed by atoms with Crippen molar-refractivity contribution in [2.45, 2.75) is 51.5 Å². The van der Waals surface area contributed by atoms with E-state index in [1.165, 1.54) is 6.33 Å². The first-order valence-corrected chi connectivity index (χ1v) is 7.14. The van der Waals surface area contributed by atoms with Crippen LogP contribution in [0.5, 0.6) is 0 Å². The Bertz CT molecular complexity index is 685. The van der Waals surface area contributed by atoms with E-state index in [0.29, 0.717) is 17.8 Å². The van der Waals surface area contributed by atoms with Crippen LogP contribution in [0.4, 0.5) is 0 Å². The van der Waals surface area contributed by atoms with Crippen LogP contribution in [0.1, 0.15) is 39.8 Å². The Kier molecular flexibility index (Phi) is 3.54. The summed E-state index contributed by atoms with van der Waals surface area (Å²) in [6, 6.07) is 0. The summed E-state index contributed by atoms with van der Waals surface area (Å²) < 4.78 is 13.6. The lowest BCUT2D eigenvalue weighted by molar-refractivity contribution is -0.0818. The lowest BCUT2D eigenvalue weighted by Crippen LogP contribution is -2.26. The second-order valence-electron chi connectivity index (χ2n) is 6.27. The summed E-state index contributed by atoms with van der Waals surface area (Å²) in [7, 11) is 0. The summed E-state index contributed by atoms with van der Waals surface area (Å²) in [5.41, 5.74) is 0.499. The third-order valence-corrected chi connectivity index (χ3v) is 3.46. The molecule has 3 rings (SSSR count). The highest BCUT2D eigenvalue weighted by atomic mass is 16.6. The van der Waals surface area contributed by atoms with Crippen LogP contribution in [0.2, 0.25) is 0 Å². The molecular formula is C14H20N4O3. The Labute approximate surface area is 122 Å². The first-order valence-electron chi connectivity index (χ1n) is 7.14. The van der Waals surface area contributed by atoms with Gasteiger partial charge in [0, 0.05) is 0 Å². The molecule has 1 saturated heterocycles. The maximum atomic E-state index is 11.7. The molecule has 2 atom stereocenters. The van der Waals surface area contributed by atoms with Crippen molar-refractivity contribution in [3.8, 4) is 0 Å². The van der Waals surface area contributed by atoms with E-state index in [4.69, 9.17) is 9.47 Å². The highest BCUT2D eigenvalue weighted by molar-refractivity contribution is 5.68. The SMILES string of the molecule is CC(C)(C)OC[C@@H]1CC[C@H](n2cnc3c(=O)[nH]cnc32)O1. The molecule has 2 aromatic heterocycles. The van der Waals surface area contributed by atoms with Crippen LogP contribution in [0, 0.1) is 0 Å². The van der Waals surface area contributed by atoms with Crippen molar-refractivity contribution in [3.05, 3.63) is 23.0 Å². The molecule has 1 aliphatic heterocycles. The molecule has 0 amide bonds. The Morgan fingerprint density at radius 3 is 3.00 bits per heavy atom. The fraction of sp³-hybridized carbons (Fsp3) is 0.643. The van der Waals surface area contributed by atoms with Crippen molar-refractivity contribution in [2.24, 2.45) is 0 Å². The summed E-state index contributed by atoms with van der Waals surface area (Å²) in [6.07, 6.45) is 4.70. The predicted molar refractivity (Wildman–Crippen MR) is 77.0 cm³/mol.